The van der Waals surface area contributed by atoms with E-state index in [9.17, 15) is 0 Å². The fraction of sp³-hybridized carbons (Fsp3) is 0.375. The summed E-state index contributed by atoms with van der Waals surface area (Å²) in [6.45, 7) is 3.09. The summed E-state index contributed by atoms with van der Waals surface area (Å²) in [6.07, 6.45) is 1.04. The van der Waals surface area contributed by atoms with Crippen molar-refractivity contribution >= 4 is 11.3 Å². The Morgan fingerprint density at radius 3 is 2.70 bits per heavy atom. The Bertz CT molecular complexity index is 525. The van der Waals surface area contributed by atoms with Crippen molar-refractivity contribution in [3.8, 4) is 11.5 Å². The lowest BCUT2D eigenvalue weighted by Gasteiger charge is -2.18. The Hall–Kier alpha value is -1.52. The van der Waals surface area contributed by atoms with Crippen LogP contribution >= 0.6 is 11.3 Å². The van der Waals surface area contributed by atoms with E-state index in [0.29, 0.717) is 0 Å². The van der Waals surface area contributed by atoms with Crippen LogP contribution in [-0.4, -0.2) is 20.8 Å². The van der Waals surface area contributed by atoms with Gasteiger partial charge in [-0.1, -0.05) is 0 Å². The molecule has 0 aliphatic carbocycles. The smallest absolute Gasteiger partial charge is 0.123 e. The minimum absolute atomic E-state index is 0.221. The van der Waals surface area contributed by atoms with Gasteiger partial charge in [-0.05, 0) is 60.5 Å². The van der Waals surface area contributed by atoms with Gasteiger partial charge in [0.2, 0.25) is 0 Å². The number of methoxy groups -OCH3 is 2. The van der Waals surface area contributed by atoms with E-state index in [-0.39, 0.29) is 6.04 Å². The zero-order chi connectivity index (χ0) is 14.4. The molecule has 3 nitrogen and oxygen atoms in total. The number of rotatable bonds is 7. The van der Waals surface area contributed by atoms with E-state index in [1.165, 1.54) is 5.56 Å². The number of thiophene rings is 1. The van der Waals surface area contributed by atoms with Gasteiger partial charge in [-0.2, -0.15) is 11.3 Å². The monoisotopic (exact) mass is 291 g/mol. The summed E-state index contributed by atoms with van der Waals surface area (Å²) in [6, 6.07) is 8.29. The minimum Gasteiger partial charge on any atom is -0.497 e. The summed E-state index contributed by atoms with van der Waals surface area (Å²) < 4.78 is 10.7. The van der Waals surface area contributed by atoms with Crippen molar-refractivity contribution in [3.63, 3.8) is 0 Å². The number of ether oxygens (including phenoxy) is 2. The molecule has 2 aromatic rings. The summed E-state index contributed by atoms with van der Waals surface area (Å²) in [5.74, 6) is 1.74. The molecule has 2 rings (SSSR count). The normalized spacial score (nSPS) is 12.2. The highest BCUT2D eigenvalue weighted by atomic mass is 32.1. The highest BCUT2D eigenvalue weighted by Crippen LogP contribution is 2.29. The van der Waals surface area contributed by atoms with Crippen molar-refractivity contribution in [1.82, 2.24) is 5.32 Å². The molecule has 1 heterocycles. The molecule has 20 heavy (non-hydrogen) atoms. The number of benzene rings is 1. The topological polar surface area (TPSA) is 30.5 Å². The number of nitrogens with one attached hydrogen (secondary N) is 1. The molecule has 1 unspecified atom stereocenters. The van der Waals surface area contributed by atoms with E-state index in [1.807, 2.05) is 18.2 Å². The van der Waals surface area contributed by atoms with E-state index >= 15 is 0 Å². The summed E-state index contributed by atoms with van der Waals surface area (Å²) >= 11 is 1.74. The molecule has 108 valence electrons. The van der Waals surface area contributed by atoms with E-state index < -0.39 is 0 Å². The average Bonchev–Trinajstić information content (AvgIpc) is 2.99. The van der Waals surface area contributed by atoms with E-state index in [0.717, 1.165) is 30.0 Å². The van der Waals surface area contributed by atoms with Crippen LogP contribution in [0.5, 0.6) is 11.5 Å². The third-order valence-electron chi connectivity index (χ3n) is 3.35. The van der Waals surface area contributed by atoms with Gasteiger partial charge in [0, 0.05) is 11.6 Å². The molecule has 0 amide bonds. The van der Waals surface area contributed by atoms with Crippen LogP contribution in [0.2, 0.25) is 0 Å². The second-order valence-electron chi connectivity index (χ2n) is 4.67. The molecule has 1 N–H and O–H groups in total. The molecule has 0 bridgehead atoms. The average molecular weight is 291 g/mol. The third-order valence-corrected chi connectivity index (χ3v) is 4.08. The van der Waals surface area contributed by atoms with Gasteiger partial charge < -0.3 is 14.8 Å². The van der Waals surface area contributed by atoms with Crippen LogP contribution in [0.1, 0.15) is 24.1 Å². The van der Waals surface area contributed by atoms with Gasteiger partial charge in [0.05, 0.1) is 14.2 Å². The maximum atomic E-state index is 5.42. The zero-order valence-corrected chi connectivity index (χ0v) is 13.0. The molecule has 0 fully saturated rings. The molecule has 0 aliphatic rings. The summed E-state index contributed by atoms with van der Waals surface area (Å²) in [5.41, 5.74) is 2.50. The van der Waals surface area contributed by atoms with E-state index in [1.54, 1.807) is 25.6 Å². The van der Waals surface area contributed by atoms with Crippen molar-refractivity contribution in [2.24, 2.45) is 0 Å². The quantitative estimate of drug-likeness (QED) is 0.844. The standard InChI is InChI=1S/C16H21NO2S/c1-12(17-8-6-13-7-9-20-11-13)15-10-14(18-2)4-5-16(15)19-3/h4-5,7,9-12,17H,6,8H2,1-3H3. The SMILES string of the molecule is COc1ccc(OC)c(C(C)NCCc2ccsc2)c1. The molecule has 0 saturated carbocycles. The van der Waals surface area contributed by atoms with Gasteiger partial charge in [-0.3, -0.25) is 0 Å². The first-order valence-electron chi connectivity index (χ1n) is 6.71. The molecule has 0 aliphatic heterocycles. The lowest BCUT2D eigenvalue weighted by atomic mass is 10.1. The van der Waals surface area contributed by atoms with Crippen molar-refractivity contribution in [2.45, 2.75) is 19.4 Å². The molecule has 1 aromatic carbocycles. The van der Waals surface area contributed by atoms with Gasteiger partial charge in [0.1, 0.15) is 11.5 Å². The molecular weight excluding hydrogens is 270 g/mol. The summed E-state index contributed by atoms with van der Waals surface area (Å²) in [4.78, 5) is 0. The van der Waals surface area contributed by atoms with Crippen molar-refractivity contribution < 1.29 is 9.47 Å². The first kappa shape index (κ1) is 14.9. The Morgan fingerprint density at radius 2 is 2.05 bits per heavy atom. The predicted octanol–water partition coefficient (Wildman–Crippen LogP) is 3.66. The first-order chi connectivity index (χ1) is 9.74. The lowest BCUT2D eigenvalue weighted by Crippen LogP contribution is -2.21. The number of hydrogen-bond acceptors (Lipinski definition) is 4. The van der Waals surface area contributed by atoms with Crippen molar-refractivity contribution in [3.05, 3.63) is 46.2 Å². The molecule has 0 radical (unpaired) electrons. The highest BCUT2D eigenvalue weighted by Gasteiger charge is 2.12. The van der Waals surface area contributed by atoms with Crippen LogP contribution in [0.4, 0.5) is 0 Å². The van der Waals surface area contributed by atoms with Crippen LogP contribution in [-0.2, 0) is 6.42 Å². The van der Waals surface area contributed by atoms with Crippen LogP contribution in [0, 0.1) is 0 Å². The molecule has 4 heteroatoms. The summed E-state index contributed by atoms with van der Waals surface area (Å²) in [5, 5.41) is 7.84. The summed E-state index contributed by atoms with van der Waals surface area (Å²) in [7, 11) is 3.38. The minimum atomic E-state index is 0.221. The van der Waals surface area contributed by atoms with Gasteiger partial charge in [0.15, 0.2) is 0 Å². The maximum Gasteiger partial charge on any atom is 0.123 e. The predicted molar refractivity (Wildman–Crippen MR) is 84.0 cm³/mol. The van der Waals surface area contributed by atoms with Gasteiger partial charge in [0.25, 0.3) is 0 Å². The third kappa shape index (κ3) is 3.74. The van der Waals surface area contributed by atoms with Crippen LogP contribution in [0.3, 0.4) is 0 Å². The van der Waals surface area contributed by atoms with Crippen LogP contribution in [0.25, 0.3) is 0 Å². The fourth-order valence-electron chi connectivity index (χ4n) is 2.16. The molecule has 0 spiro atoms. The fourth-order valence-corrected chi connectivity index (χ4v) is 2.86. The highest BCUT2D eigenvalue weighted by molar-refractivity contribution is 7.07. The first-order valence-corrected chi connectivity index (χ1v) is 7.65. The molecule has 1 aromatic heterocycles. The van der Waals surface area contributed by atoms with Gasteiger partial charge in [-0.15, -0.1) is 0 Å². The van der Waals surface area contributed by atoms with E-state index in [2.05, 4.69) is 29.1 Å². The molecule has 1 atom stereocenters. The second kappa shape index (κ2) is 7.31. The van der Waals surface area contributed by atoms with Crippen molar-refractivity contribution in [1.29, 1.82) is 0 Å². The number of hydrogen-bond donors (Lipinski definition) is 1. The van der Waals surface area contributed by atoms with Crippen molar-refractivity contribution in [2.75, 3.05) is 20.8 Å². The Kier molecular flexibility index (Phi) is 5.44. The zero-order valence-electron chi connectivity index (χ0n) is 12.2. The van der Waals surface area contributed by atoms with E-state index in [4.69, 9.17) is 9.47 Å². The lowest BCUT2D eigenvalue weighted by molar-refractivity contribution is 0.392. The van der Waals surface area contributed by atoms with Crippen LogP contribution in [0.15, 0.2) is 35.0 Å². The Balaban J connectivity index is 1.98. The maximum absolute atomic E-state index is 5.42. The van der Waals surface area contributed by atoms with Gasteiger partial charge in [-0.25, -0.2) is 0 Å². The Labute approximate surface area is 124 Å². The largest absolute Gasteiger partial charge is 0.497 e. The Morgan fingerprint density at radius 1 is 1.20 bits per heavy atom. The molecule has 0 saturated heterocycles. The van der Waals surface area contributed by atoms with Crippen LogP contribution < -0.4 is 14.8 Å². The van der Waals surface area contributed by atoms with Gasteiger partial charge >= 0.3 is 0 Å². The second-order valence-corrected chi connectivity index (χ2v) is 5.45. The molecular formula is C16H21NO2S.